The van der Waals surface area contributed by atoms with Gasteiger partial charge < -0.3 is 0 Å². The molecule has 0 fully saturated rings. The Kier molecular flexibility index (Phi) is 6.54. The fraction of sp³-hybridized carbons (Fsp3) is 0.158. The Morgan fingerprint density at radius 3 is 2.57 bits per heavy atom. The van der Waals surface area contributed by atoms with Crippen molar-refractivity contribution in [2.75, 3.05) is 16.2 Å². The lowest BCUT2D eigenvalue weighted by Crippen LogP contribution is -2.17. The van der Waals surface area contributed by atoms with Crippen LogP contribution in [-0.2, 0) is 10.0 Å². The summed E-state index contributed by atoms with van der Waals surface area (Å²) in [7, 11) is -3.44. The van der Waals surface area contributed by atoms with E-state index in [1.165, 1.54) is 6.33 Å². The fourth-order valence-electron chi connectivity index (χ4n) is 2.73. The maximum absolute atomic E-state index is 12.4. The van der Waals surface area contributed by atoms with Gasteiger partial charge in [-0.1, -0.05) is 47.1 Å². The van der Waals surface area contributed by atoms with E-state index >= 15 is 0 Å². The number of para-hydroxylation sites is 1. The average Bonchev–Trinajstić information content (AvgIpc) is 3.29. The van der Waals surface area contributed by atoms with Gasteiger partial charge in [-0.25, -0.2) is 18.4 Å². The van der Waals surface area contributed by atoms with E-state index < -0.39 is 10.0 Å². The summed E-state index contributed by atoms with van der Waals surface area (Å²) in [6.07, 6.45) is 2.03. The summed E-state index contributed by atoms with van der Waals surface area (Å²) in [6, 6.07) is 14.8. The number of sulfonamides is 1. The van der Waals surface area contributed by atoms with Crippen LogP contribution in [0.3, 0.4) is 0 Å². The lowest BCUT2D eigenvalue weighted by Gasteiger charge is -2.09. The van der Waals surface area contributed by atoms with Gasteiger partial charge in [-0.05, 0) is 42.8 Å². The molecule has 0 aliphatic carbocycles. The van der Waals surface area contributed by atoms with Gasteiger partial charge >= 0.3 is 0 Å². The van der Waals surface area contributed by atoms with Gasteiger partial charge in [-0.2, -0.15) is 0 Å². The molecule has 156 valence electrons. The standard InChI is InChI=1S/C19H16Cl2N4O2S3/c20-17-18(21)25(12-22-17)14-8-6-13(7-9-14)24-30(26,27)11-3-10-28-19-23-15-4-1-2-5-16(15)29-19/h1-2,4-9,12,24H,3,10-11H2. The number of hydrogen-bond donors (Lipinski definition) is 1. The molecule has 4 aromatic rings. The number of benzene rings is 2. The van der Waals surface area contributed by atoms with Gasteiger partial charge in [0, 0.05) is 17.1 Å². The fourth-order valence-corrected chi connectivity index (χ4v) is 6.44. The third-order valence-electron chi connectivity index (χ3n) is 4.14. The number of nitrogens with one attached hydrogen (secondary N) is 1. The van der Waals surface area contributed by atoms with E-state index in [1.54, 1.807) is 51.9 Å². The Labute approximate surface area is 192 Å². The first-order valence-corrected chi connectivity index (χ1v) is 13.1. The molecule has 0 saturated carbocycles. The second kappa shape index (κ2) is 9.15. The Morgan fingerprint density at radius 2 is 1.87 bits per heavy atom. The second-order valence-corrected chi connectivity index (χ2v) is 11.2. The number of hydrogen-bond acceptors (Lipinski definition) is 6. The Bertz CT molecular complexity index is 1240. The zero-order valence-corrected chi connectivity index (χ0v) is 19.4. The summed E-state index contributed by atoms with van der Waals surface area (Å²) in [5.74, 6) is 0.717. The predicted octanol–water partition coefficient (Wildman–Crippen LogP) is 5.71. The highest BCUT2D eigenvalue weighted by molar-refractivity contribution is 8.01. The third kappa shape index (κ3) is 5.09. The van der Waals surface area contributed by atoms with E-state index in [0.29, 0.717) is 23.0 Å². The maximum atomic E-state index is 12.4. The van der Waals surface area contributed by atoms with Gasteiger partial charge in [0.25, 0.3) is 0 Å². The number of thioether (sulfide) groups is 1. The van der Waals surface area contributed by atoms with Crippen molar-refractivity contribution in [2.24, 2.45) is 0 Å². The molecule has 0 amide bonds. The lowest BCUT2D eigenvalue weighted by atomic mass is 10.3. The van der Waals surface area contributed by atoms with Crippen molar-refractivity contribution in [2.45, 2.75) is 10.8 Å². The summed E-state index contributed by atoms with van der Waals surface area (Å²) < 4.78 is 31.1. The molecule has 0 bridgehead atoms. The third-order valence-corrected chi connectivity index (χ3v) is 8.52. The van der Waals surface area contributed by atoms with Crippen LogP contribution in [0.5, 0.6) is 0 Å². The molecular weight excluding hydrogens is 483 g/mol. The van der Waals surface area contributed by atoms with Gasteiger partial charge in [0.05, 0.1) is 16.0 Å². The van der Waals surface area contributed by atoms with Crippen molar-refractivity contribution in [3.05, 3.63) is 65.2 Å². The van der Waals surface area contributed by atoms with Crippen LogP contribution in [0.15, 0.2) is 59.2 Å². The molecule has 2 aromatic carbocycles. The van der Waals surface area contributed by atoms with Crippen molar-refractivity contribution >= 4 is 72.2 Å². The molecular formula is C19H16Cl2N4O2S3. The number of rotatable bonds is 8. The van der Waals surface area contributed by atoms with E-state index in [-0.39, 0.29) is 10.9 Å². The number of anilines is 1. The van der Waals surface area contributed by atoms with E-state index in [9.17, 15) is 8.42 Å². The zero-order valence-electron chi connectivity index (χ0n) is 15.5. The van der Waals surface area contributed by atoms with E-state index in [4.69, 9.17) is 23.2 Å². The van der Waals surface area contributed by atoms with Crippen LogP contribution in [-0.4, -0.2) is 34.5 Å². The maximum Gasteiger partial charge on any atom is 0.232 e. The molecule has 2 aromatic heterocycles. The van der Waals surface area contributed by atoms with Crippen molar-refractivity contribution < 1.29 is 8.42 Å². The van der Waals surface area contributed by atoms with Gasteiger partial charge in [0.2, 0.25) is 10.0 Å². The summed E-state index contributed by atoms with van der Waals surface area (Å²) in [5.41, 5.74) is 2.19. The van der Waals surface area contributed by atoms with Gasteiger partial charge in [-0.3, -0.25) is 9.29 Å². The molecule has 0 radical (unpaired) electrons. The van der Waals surface area contributed by atoms with Crippen LogP contribution in [0.25, 0.3) is 15.9 Å². The molecule has 30 heavy (non-hydrogen) atoms. The minimum Gasteiger partial charge on any atom is -0.288 e. The van der Waals surface area contributed by atoms with Crippen LogP contribution in [0.2, 0.25) is 10.3 Å². The summed E-state index contributed by atoms with van der Waals surface area (Å²) in [6.45, 7) is 0. The molecule has 0 aliphatic heterocycles. The van der Waals surface area contributed by atoms with E-state index in [1.807, 2.05) is 24.3 Å². The summed E-state index contributed by atoms with van der Waals surface area (Å²) in [5, 5.41) is 0.515. The molecule has 11 heteroatoms. The minimum absolute atomic E-state index is 0.0373. The van der Waals surface area contributed by atoms with Gasteiger partial charge in [0.1, 0.15) is 6.33 Å². The van der Waals surface area contributed by atoms with Crippen molar-refractivity contribution in [1.82, 2.24) is 14.5 Å². The molecule has 0 unspecified atom stereocenters. The number of thiazole rings is 1. The van der Waals surface area contributed by atoms with Crippen LogP contribution in [0.1, 0.15) is 6.42 Å². The Balaban J connectivity index is 1.30. The SMILES string of the molecule is O=S(=O)(CCCSc1nc2ccccc2s1)Nc1ccc(-n2cnc(Cl)c2Cl)cc1. The highest BCUT2D eigenvalue weighted by Crippen LogP contribution is 2.29. The normalized spacial score (nSPS) is 11.8. The van der Waals surface area contributed by atoms with E-state index in [0.717, 1.165) is 20.2 Å². The quantitative estimate of drug-likeness (QED) is 0.248. The predicted molar refractivity (Wildman–Crippen MR) is 126 cm³/mol. The number of imidazole rings is 1. The number of fused-ring (bicyclic) bond motifs is 1. The second-order valence-electron chi connectivity index (χ2n) is 6.31. The smallest absolute Gasteiger partial charge is 0.232 e. The molecule has 4 rings (SSSR count). The number of nitrogens with zero attached hydrogens (tertiary/aromatic N) is 3. The largest absolute Gasteiger partial charge is 0.288 e. The van der Waals surface area contributed by atoms with Crippen LogP contribution < -0.4 is 4.72 Å². The Morgan fingerprint density at radius 1 is 1.10 bits per heavy atom. The number of aromatic nitrogens is 3. The molecule has 0 aliphatic rings. The minimum atomic E-state index is -3.44. The van der Waals surface area contributed by atoms with E-state index in [2.05, 4.69) is 14.7 Å². The zero-order chi connectivity index (χ0) is 21.1. The van der Waals surface area contributed by atoms with Crippen molar-refractivity contribution in [3.8, 4) is 5.69 Å². The molecule has 2 heterocycles. The number of halogens is 2. The van der Waals surface area contributed by atoms with Crippen LogP contribution in [0, 0.1) is 0 Å². The first-order chi connectivity index (χ1) is 14.4. The highest BCUT2D eigenvalue weighted by Gasteiger charge is 2.12. The summed E-state index contributed by atoms with van der Waals surface area (Å²) >= 11 is 15.1. The summed E-state index contributed by atoms with van der Waals surface area (Å²) in [4.78, 5) is 8.48. The molecule has 0 atom stereocenters. The molecule has 1 N–H and O–H groups in total. The molecule has 6 nitrogen and oxygen atoms in total. The Hall–Kier alpha value is -1.78. The van der Waals surface area contributed by atoms with Crippen LogP contribution in [0.4, 0.5) is 5.69 Å². The van der Waals surface area contributed by atoms with Crippen LogP contribution >= 0.6 is 46.3 Å². The van der Waals surface area contributed by atoms with Gasteiger partial charge in [-0.15, -0.1) is 11.3 Å². The topological polar surface area (TPSA) is 76.9 Å². The monoisotopic (exact) mass is 498 g/mol. The lowest BCUT2D eigenvalue weighted by molar-refractivity contribution is 0.600. The van der Waals surface area contributed by atoms with Gasteiger partial charge in [0.15, 0.2) is 14.6 Å². The first kappa shape index (κ1) is 21.5. The average molecular weight is 499 g/mol. The molecule has 0 spiro atoms. The molecule has 0 saturated heterocycles. The van der Waals surface area contributed by atoms with Crippen molar-refractivity contribution in [1.29, 1.82) is 0 Å². The highest BCUT2D eigenvalue weighted by atomic mass is 35.5. The first-order valence-electron chi connectivity index (χ1n) is 8.89. The van der Waals surface area contributed by atoms with Crippen molar-refractivity contribution in [3.63, 3.8) is 0 Å².